The zero-order chi connectivity index (χ0) is 17.4. The van der Waals surface area contributed by atoms with Gasteiger partial charge in [0.15, 0.2) is 0 Å². The quantitative estimate of drug-likeness (QED) is 0.910. The van der Waals surface area contributed by atoms with Gasteiger partial charge in [0, 0.05) is 22.8 Å². The van der Waals surface area contributed by atoms with E-state index in [0.717, 1.165) is 0 Å². The fourth-order valence-corrected chi connectivity index (χ4v) is 3.56. The fourth-order valence-electron chi connectivity index (χ4n) is 3.26. The van der Waals surface area contributed by atoms with Crippen molar-refractivity contribution in [3.8, 4) is 6.07 Å². The van der Waals surface area contributed by atoms with Crippen LogP contribution in [0.5, 0.6) is 0 Å². The number of rotatable bonds is 2. The molecule has 2 unspecified atom stereocenters. The van der Waals surface area contributed by atoms with Gasteiger partial charge in [-0.1, -0.05) is 17.7 Å². The van der Waals surface area contributed by atoms with E-state index in [1.807, 2.05) is 6.07 Å². The minimum absolute atomic E-state index is 0.0874. The van der Waals surface area contributed by atoms with E-state index < -0.39 is 11.8 Å². The van der Waals surface area contributed by atoms with Crippen LogP contribution >= 0.6 is 11.6 Å². The van der Waals surface area contributed by atoms with Crippen molar-refractivity contribution in [3.63, 3.8) is 0 Å². The summed E-state index contributed by atoms with van der Waals surface area (Å²) in [5, 5.41) is 9.37. The van der Waals surface area contributed by atoms with Gasteiger partial charge in [0.1, 0.15) is 5.78 Å². The SMILES string of the molecule is CC(=O)C1C(C)=Nc2cc[nH]c(=O)c2C1c1ccc(C#N)cc1Cl. The van der Waals surface area contributed by atoms with Gasteiger partial charge in [0.25, 0.3) is 5.56 Å². The molecule has 0 spiro atoms. The second-order valence-corrected chi connectivity index (χ2v) is 6.18. The maximum Gasteiger partial charge on any atom is 0.253 e. The van der Waals surface area contributed by atoms with E-state index in [1.165, 1.54) is 13.1 Å². The Morgan fingerprint density at radius 3 is 2.75 bits per heavy atom. The molecule has 2 atom stereocenters. The lowest BCUT2D eigenvalue weighted by Crippen LogP contribution is -2.34. The van der Waals surface area contributed by atoms with E-state index in [2.05, 4.69) is 9.98 Å². The smallest absolute Gasteiger partial charge is 0.253 e. The lowest BCUT2D eigenvalue weighted by atomic mass is 9.74. The number of Topliss-reactive ketones (excluding diaryl/α,β-unsaturated/α-hetero) is 1. The average Bonchev–Trinajstić information content (AvgIpc) is 2.53. The molecule has 6 heteroatoms. The molecule has 5 nitrogen and oxygen atoms in total. The second-order valence-electron chi connectivity index (χ2n) is 5.77. The second kappa shape index (κ2) is 6.06. The maximum atomic E-state index is 12.4. The number of aromatic nitrogens is 1. The van der Waals surface area contributed by atoms with Crippen LogP contribution in [0.4, 0.5) is 5.69 Å². The highest BCUT2D eigenvalue weighted by atomic mass is 35.5. The number of fused-ring (bicyclic) bond motifs is 1. The normalized spacial score (nSPS) is 19.2. The molecule has 0 radical (unpaired) electrons. The molecule has 2 aromatic rings. The van der Waals surface area contributed by atoms with Crippen LogP contribution in [0.25, 0.3) is 0 Å². The van der Waals surface area contributed by atoms with Gasteiger partial charge in [0.05, 0.1) is 28.8 Å². The predicted octanol–water partition coefficient (Wildman–Crippen LogP) is 3.34. The number of hydrogen-bond donors (Lipinski definition) is 1. The van der Waals surface area contributed by atoms with Crippen molar-refractivity contribution in [2.24, 2.45) is 10.9 Å². The summed E-state index contributed by atoms with van der Waals surface area (Å²) in [7, 11) is 0. The van der Waals surface area contributed by atoms with Crippen LogP contribution in [0.3, 0.4) is 0 Å². The zero-order valence-corrected chi connectivity index (χ0v) is 13.9. The van der Waals surface area contributed by atoms with E-state index in [9.17, 15) is 9.59 Å². The van der Waals surface area contributed by atoms with E-state index >= 15 is 0 Å². The summed E-state index contributed by atoms with van der Waals surface area (Å²) in [6.45, 7) is 3.26. The molecular formula is C18H14ClN3O2. The van der Waals surface area contributed by atoms with Gasteiger partial charge < -0.3 is 4.98 Å². The number of ketones is 1. The van der Waals surface area contributed by atoms with Crippen LogP contribution in [0.2, 0.25) is 5.02 Å². The van der Waals surface area contributed by atoms with Crippen molar-refractivity contribution in [2.75, 3.05) is 0 Å². The Morgan fingerprint density at radius 1 is 1.38 bits per heavy atom. The summed E-state index contributed by atoms with van der Waals surface area (Å²) in [6.07, 6.45) is 1.53. The summed E-state index contributed by atoms with van der Waals surface area (Å²) in [4.78, 5) is 31.8. The molecule has 0 aliphatic carbocycles. The van der Waals surface area contributed by atoms with Crippen molar-refractivity contribution in [3.05, 3.63) is 62.5 Å². The molecule has 1 aromatic carbocycles. The van der Waals surface area contributed by atoms with E-state index in [0.29, 0.717) is 33.1 Å². The first-order valence-corrected chi connectivity index (χ1v) is 7.78. The van der Waals surface area contributed by atoms with Gasteiger partial charge in [0.2, 0.25) is 0 Å². The first kappa shape index (κ1) is 16.2. The van der Waals surface area contributed by atoms with Crippen LogP contribution in [0.15, 0.2) is 40.2 Å². The molecule has 2 heterocycles. The van der Waals surface area contributed by atoms with Crippen molar-refractivity contribution in [1.82, 2.24) is 4.98 Å². The van der Waals surface area contributed by atoms with Gasteiger partial charge in [-0.05, 0) is 37.6 Å². The van der Waals surface area contributed by atoms with Gasteiger partial charge in [-0.25, -0.2) is 0 Å². The topological polar surface area (TPSA) is 86.1 Å². The molecule has 1 aliphatic rings. The van der Waals surface area contributed by atoms with Crippen molar-refractivity contribution >= 4 is 28.8 Å². The molecule has 120 valence electrons. The minimum atomic E-state index is -0.563. The zero-order valence-electron chi connectivity index (χ0n) is 13.1. The average molecular weight is 340 g/mol. The third kappa shape index (κ3) is 2.55. The number of aliphatic imine (C=N–C) groups is 1. The number of nitrogens with zero attached hydrogens (tertiary/aromatic N) is 2. The summed E-state index contributed by atoms with van der Waals surface area (Å²) in [5.74, 6) is -1.18. The van der Waals surface area contributed by atoms with Crippen molar-refractivity contribution in [1.29, 1.82) is 5.26 Å². The Balaban J connectivity index is 2.31. The van der Waals surface area contributed by atoms with Crippen LogP contribution in [-0.2, 0) is 4.79 Å². The number of benzene rings is 1. The van der Waals surface area contributed by atoms with Crippen molar-refractivity contribution < 1.29 is 4.79 Å². The van der Waals surface area contributed by atoms with Crippen molar-refractivity contribution in [2.45, 2.75) is 19.8 Å². The maximum absolute atomic E-state index is 12.4. The number of nitrogens with one attached hydrogen (secondary N) is 1. The fraction of sp³-hybridized carbons (Fsp3) is 0.222. The predicted molar refractivity (Wildman–Crippen MR) is 92.0 cm³/mol. The number of carbonyl (C=O) groups is 1. The monoisotopic (exact) mass is 339 g/mol. The molecule has 0 bridgehead atoms. The summed E-state index contributed by atoms with van der Waals surface area (Å²) in [6, 6.07) is 8.63. The highest BCUT2D eigenvalue weighted by Crippen LogP contribution is 2.43. The van der Waals surface area contributed by atoms with Crippen LogP contribution in [0.1, 0.15) is 36.5 Å². The molecule has 3 rings (SSSR count). The molecule has 1 aromatic heterocycles. The largest absolute Gasteiger partial charge is 0.329 e. The van der Waals surface area contributed by atoms with Gasteiger partial charge in [-0.15, -0.1) is 0 Å². The summed E-state index contributed by atoms with van der Waals surface area (Å²) in [5.41, 5.74) is 2.38. The lowest BCUT2D eigenvalue weighted by Gasteiger charge is -2.30. The Kier molecular flexibility index (Phi) is 4.08. The number of nitriles is 1. The first-order chi connectivity index (χ1) is 11.4. The van der Waals surface area contributed by atoms with Gasteiger partial charge >= 0.3 is 0 Å². The number of halogens is 1. The number of carbonyl (C=O) groups excluding carboxylic acids is 1. The number of pyridine rings is 1. The molecule has 24 heavy (non-hydrogen) atoms. The molecule has 1 aliphatic heterocycles. The Hall–Kier alpha value is -2.71. The molecule has 0 fully saturated rings. The molecular weight excluding hydrogens is 326 g/mol. The summed E-state index contributed by atoms with van der Waals surface area (Å²) >= 11 is 6.36. The minimum Gasteiger partial charge on any atom is -0.329 e. The molecule has 0 amide bonds. The van der Waals surface area contributed by atoms with E-state index in [1.54, 1.807) is 31.2 Å². The summed E-state index contributed by atoms with van der Waals surface area (Å²) < 4.78 is 0. The van der Waals surface area contributed by atoms with E-state index in [-0.39, 0.29) is 11.3 Å². The number of H-pyrrole nitrogens is 1. The first-order valence-electron chi connectivity index (χ1n) is 7.40. The van der Waals surface area contributed by atoms with Crippen LogP contribution in [0, 0.1) is 17.2 Å². The standard InChI is InChI=1S/C18H14ClN3O2/c1-9-15(10(2)23)16(12-4-3-11(8-20)7-13(12)19)17-14(22-9)5-6-21-18(17)24/h3-7,15-16H,1-2H3,(H,21,24). The van der Waals surface area contributed by atoms with Gasteiger partial charge in [-0.3, -0.25) is 14.6 Å². The Labute approximate surface area is 143 Å². The van der Waals surface area contributed by atoms with Crippen LogP contribution in [-0.4, -0.2) is 16.5 Å². The van der Waals surface area contributed by atoms with E-state index in [4.69, 9.17) is 16.9 Å². The lowest BCUT2D eigenvalue weighted by molar-refractivity contribution is -0.119. The highest BCUT2D eigenvalue weighted by molar-refractivity contribution is 6.31. The Bertz CT molecular complexity index is 969. The Morgan fingerprint density at radius 2 is 2.12 bits per heavy atom. The van der Waals surface area contributed by atoms with Gasteiger partial charge in [-0.2, -0.15) is 5.26 Å². The highest BCUT2D eigenvalue weighted by Gasteiger charge is 2.38. The van der Waals surface area contributed by atoms with Crippen LogP contribution < -0.4 is 5.56 Å². The third-order valence-corrected chi connectivity index (χ3v) is 4.60. The number of aromatic amines is 1. The molecule has 0 saturated heterocycles. The molecule has 1 N–H and O–H groups in total. The third-order valence-electron chi connectivity index (χ3n) is 4.27. The molecule has 0 saturated carbocycles. The number of hydrogen-bond acceptors (Lipinski definition) is 4.